The van der Waals surface area contributed by atoms with E-state index in [2.05, 4.69) is 29.3 Å². The SMILES string of the molecule is C=Nc1ccc(S)cc1C=NC. The molecular weight excluding hydrogens is 168 g/mol. The van der Waals surface area contributed by atoms with Crippen molar-refractivity contribution >= 4 is 31.2 Å². The smallest absolute Gasteiger partial charge is 0.0710 e. The number of nitrogens with zero attached hydrogens (tertiary/aromatic N) is 2. The minimum absolute atomic E-state index is 0.832. The average Bonchev–Trinajstić information content (AvgIpc) is 2.05. The second kappa shape index (κ2) is 4.07. The summed E-state index contributed by atoms with van der Waals surface area (Å²) in [6.07, 6.45) is 1.74. The van der Waals surface area contributed by atoms with E-state index in [9.17, 15) is 0 Å². The van der Waals surface area contributed by atoms with Gasteiger partial charge in [0.25, 0.3) is 0 Å². The van der Waals surface area contributed by atoms with Crippen molar-refractivity contribution in [3.8, 4) is 0 Å². The highest BCUT2D eigenvalue weighted by Gasteiger charge is 1.96. The Hall–Kier alpha value is -1.09. The quantitative estimate of drug-likeness (QED) is 0.531. The molecule has 0 fully saturated rings. The zero-order valence-corrected chi connectivity index (χ0v) is 7.75. The molecule has 2 nitrogen and oxygen atoms in total. The standard InChI is InChI=1S/C9H10N2S/c1-10-6-7-5-8(12)3-4-9(7)11-2/h3-6,12H,2H2,1H3. The maximum absolute atomic E-state index is 4.21. The van der Waals surface area contributed by atoms with Gasteiger partial charge in [-0.15, -0.1) is 12.6 Å². The molecule has 0 aromatic heterocycles. The molecule has 0 aliphatic carbocycles. The van der Waals surface area contributed by atoms with Crippen LogP contribution in [0.3, 0.4) is 0 Å². The van der Waals surface area contributed by atoms with Gasteiger partial charge in [0.05, 0.1) is 5.69 Å². The largest absolute Gasteiger partial charge is 0.296 e. The van der Waals surface area contributed by atoms with Crippen molar-refractivity contribution < 1.29 is 0 Å². The summed E-state index contributed by atoms with van der Waals surface area (Å²) in [5, 5.41) is 0. The second-order valence-electron chi connectivity index (χ2n) is 2.29. The molecule has 1 aromatic rings. The molecule has 0 aliphatic heterocycles. The van der Waals surface area contributed by atoms with Gasteiger partial charge >= 0.3 is 0 Å². The molecule has 0 spiro atoms. The lowest BCUT2D eigenvalue weighted by molar-refractivity contribution is 1.40. The minimum atomic E-state index is 0.832. The van der Waals surface area contributed by atoms with E-state index in [1.54, 1.807) is 13.3 Å². The molecule has 1 rings (SSSR count). The van der Waals surface area contributed by atoms with Gasteiger partial charge in [-0.1, -0.05) is 0 Å². The first-order valence-electron chi connectivity index (χ1n) is 3.50. The predicted octanol–water partition coefficient (Wildman–Crippen LogP) is 2.36. The number of hydrogen-bond donors (Lipinski definition) is 1. The van der Waals surface area contributed by atoms with Crippen molar-refractivity contribution in [3.63, 3.8) is 0 Å². The van der Waals surface area contributed by atoms with Crippen molar-refractivity contribution in [1.29, 1.82) is 0 Å². The third-order valence-electron chi connectivity index (χ3n) is 1.45. The highest BCUT2D eigenvalue weighted by Crippen LogP contribution is 2.19. The van der Waals surface area contributed by atoms with Crippen LogP contribution in [0.1, 0.15) is 5.56 Å². The third kappa shape index (κ3) is 1.95. The summed E-state index contributed by atoms with van der Waals surface area (Å²) in [6.45, 7) is 3.47. The summed E-state index contributed by atoms with van der Waals surface area (Å²) < 4.78 is 0. The van der Waals surface area contributed by atoms with Crippen LogP contribution in [0, 0.1) is 0 Å². The first kappa shape index (κ1) is 9.00. The van der Waals surface area contributed by atoms with Crippen LogP contribution < -0.4 is 0 Å². The zero-order valence-electron chi connectivity index (χ0n) is 6.86. The van der Waals surface area contributed by atoms with Crippen molar-refractivity contribution in [2.75, 3.05) is 7.05 Å². The van der Waals surface area contributed by atoms with E-state index in [1.165, 1.54) is 0 Å². The van der Waals surface area contributed by atoms with Gasteiger partial charge in [-0.05, 0) is 24.9 Å². The van der Waals surface area contributed by atoms with Crippen LogP contribution in [-0.4, -0.2) is 20.0 Å². The molecular formula is C9H10N2S. The molecule has 1 aromatic carbocycles. The molecule has 0 N–H and O–H groups in total. The monoisotopic (exact) mass is 178 g/mol. The Morgan fingerprint density at radius 2 is 2.25 bits per heavy atom. The Morgan fingerprint density at radius 1 is 1.50 bits per heavy atom. The Morgan fingerprint density at radius 3 is 2.83 bits per heavy atom. The van der Waals surface area contributed by atoms with E-state index >= 15 is 0 Å². The van der Waals surface area contributed by atoms with Crippen molar-refractivity contribution in [1.82, 2.24) is 0 Å². The van der Waals surface area contributed by atoms with Gasteiger partial charge in [-0.3, -0.25) is 9.98 Å². The van der Waals surface area contributed by atoms with Gasteiger partial charge in [-0.2, -0.15) is 0 Å². The molecule has 0 heterocycles. The molecule has 0 saturated heterocycles. The molecule has 0 bridgehead atoms. The fraction of sp³-hybridized carbons (Fsp3) is 0.111. The van der Waals surface area contributed by atoms with Gasteiger partial charge in [0.2, 0.25) is 0 Å². The summed E-state index contributed by atoms with van der Waals surface area (Å²) in [5.74, 6) is 0. The first-order chi connectivity index (χ1) is 5.77. The Kier molecular flexibility index (Phi) is 3.05. The van der Waals surface area contributed by atoms with Crippen LogP contribution in [0.4, 0.5) is 5.69 Å². The molecule has 0 atom stereocenters. The molecule has 0 radical (unpaired) electrons. The van der Waals surface area contributed by atoms with Crippen LogP contribution >= 0.6 is 12.6 Å². The number of aliphatic imine (C=N–C) groups is 2. The van der Waals surface area contributed by atoms with Crippen LogP contribution in [0.2, 0.25) is 0 Å². The molecule has 0 aliphatic rings. The van der Waals surface area contributed by atoms with E-state index in [0.29, 0.717) is 0 Å². The maximum Gasteiger partial charge on any atom is 0.0710 e. The summed E-state index contributed by atoms with van der Waals surface area (Å²) in [7, 11) is 1.72. The van der Waals surface area contributed by atoms with Crippen LogP contribution in [0.25, 0.3) is 0 Å². The van der Waals surface area contributed by atoms with Gasteiger partial charge in [0.15, 0.2) is 0 Å². The number of rotatable bonds is 2. The van der Waals surface area contributed by atoms with Gasteiger partial charge in [-0.25, -0.2) is 0 Å². The molecule has 0 amide bonds. The molecule has 0 unspecified atom stereocenters. The van der Waals surface area contributed by atoms with E-state index in [4.69, 9.17) is 0 Å². The highest BCUT2D eigenvalue weighted by atomic mass is 32.1. The molecule has 3 heteroatoms. The predicted molar refractivity (Wildman–Crippen MR) is 56.4 cm³/mol. The lowest BCUT2D eigenvalue weighted by Crippen LogP contribution is -1.81. The number of benzene rings is 1. The number of thiol groups is 1. The zero-order chi connectivity index (χ0) is 8.97. The summed E-state index contributed by atoms with van der Waals surface area (Å²) in [5.41, 5.74) is 1.78. The van der Waals surface area contributed by atoms with Crippen LogP contribution in [0.15, 0.2) is 33.1 Å². The van der Waals surface area contributed by atoms with E-state index < -0.39 is 0 Å². The van der Waals surface area contributed by atoms with E-state index in [-0.39, 0.29) is 0 Å². The minimum Gasteiger partial charge on any atom is -0.296 e. The van der Waals surface area contributed by atoms with Crippen molar-refractivity contribution in [3.05, 3.63) is 23.8 Å². The van der Waals surface area contributed by atoms with Gasteiger partial charge < -0.3 is 0 Å². The molecule has 0 saturated carbocycles. The van der Waals surface area contributed by atoms with Crippen LogP contribution in [-0.2, 0) is 0 Å². The molecule has 62 valence electrons. The van der Waals surface area contributed by atoms with Crippen LogP contribution in [0.5, 0.6) is 0 Å². The Balaban J connectivity index is 3.20. The highest BCUT2D eigenvalue weighted by molar-refractivity contribution is 7.80. The van der Waals surface area contributed by atoms with Gasteiger partial charge in [0, 0.05) is 23.7 Å². The van der Waals surface area contributed by atoms with Crippen molar-refractivity contribution in [2.24, 2.45) is 9.98 Å². The summed E-state index contributed by atoms with van der Waals surface area (Å²) >= 11 is 4.21. The lowest BCUT2D eigenvalue weighted by Gasteiger charge is -1.99. The Labute approximate surface area is 77.5 Å². The topological polar surface area (TPSA) is 24.7 Å². The fourth-order valence-corrected chi connectivity index (χ4v) is 1.14. The van der Waals surface area contributed by atoms with E-state index in [1.807, 2.05) is 18.2 Å². The maximum atomic E-state index is 4.21. The Bertz CT molecular complexity index is 318. The number of hydrogen-bond acceptors (Lipinski definition) is 3. The third-order valence-corrected chi connectivity index (χ3v) is 1.73. The van der Waals surface area contributed by atoms with Crippen molar-refractivity contribution in [2.45, 2.75) is 4.90 Å². The second-order valence-corrected chi connectivity index (χ2v) is 2.80. The summed E-state index contributed by atoms with van der Waals surface area (Å²) in [6, 6.07) is 5.65. The van der Waals surface area contributed by atoms with Gasteiger partial charge in [0.1, 0.15) is 0 Å². The summed E-state index contributed by atoms with van der Waals surface area (Å²) in [4.78, 5) is 8.66. The lowest BCUT2D eigenvalue weighted by atomic mass is 10.2. The average molecular weight is 178 g/mol. The fourth-order valence-electron chi connectivity index (χ4n) is 0.928. The normalized spacial score (nSPS) is 10.5. The van der Waals surface area contributed by atoms with E-state index in [0.717, 1.165) is 16.1 Å². The first-order valence-corrected chi connectivity index (χ1v) is 3.94. The molecule has 12 heavy (non-hydrogen) atoms.